The van der Waals surface area contributed by atoms with Gasteiger partial charge in [-0.05, 0) is 33.7 Å². The van der Waals surface area contributed by atoms with Crippen molar-refractivity contribution in [3.05, 3.63) is 11.4 Å². The number of aryl methyl sites for hydroxylation is 1. The predicted molar refractivity (Wildman–Crippen MR) is 79.1 cm³/mol. The largest absolute Gasteiger partial charge is 0.396 e. The molecule has 0 spiro atoms. The van der Waals surface area contributed by atoms with Gasteiger partial charge in [0, 0.05) is 12.6 Å². The average Bonchev–Trinajstić information content (AvgIpc) is 2.62. The molecule has 0 saturated carbocycles. The Bertz CT molecular complexity index is 402. The van der Waals surface area contributed by atoms with Crippen molar-refractivity contribution >= 4 is 5.69 Å². The lowest BCUT2D eigenvalue weighted by Gasteiger charge is -2.29. The number of aliphatic hydroxyl groups is 1. The van der Waals surface area contributed by atoms with Gasteiger partial charge in [0.25, 0.3) is 0 Å². The summed E-state index contributed by atoms with van der Waals surface area (Å²) in [6.07, 6.45) is 0.666. The molecule has 1 heterocycles. The van der Waals surface area contributed by atoms with Crippen LogP contribution >= 0.6 is 0 Å². The van der Waals surface area contributed by atoms with Gasteiger partial charge in [0.2, 0.25) is 0 Å². The Labute approximate surface area is 116 Å². The Kier molecular flexibility index (Phi) is 5.82. The van der Waals surface area contributed by atoms with E-state index in [-0.39, 0.29) is 0 Å². The fourth-order valence-corrected chi connectivity index (χ4v) is 2.30. The summed E-state index contributed by atoms with van der Waals surface area (Å²) in [6, 6.07) is 0.491. The van der Waals surface area contributed by atoms with E-state index in [1.807, 2.05) is 13.8 Å². The Hall–Kier alpha value is -1.07. The van der Waals surface area contributed by atoms with Crippen molar-refractivity contribution in [1.82, 2.24) is 14.7 Å². The van der Waals surface area contributed by atoms with Gasteiger partial charge in [0.15, 0.2) is 0 Å². The zero-order chi connectivity index (χ0) is 14.6. The van der Waals surface area contributed by atoms with Gasteiger partial charge in [-0.1, -0.05) is 13.8 Å². The van der Waals surface area contributed by atoms with E-state index in [1.54, 1.807) is 4.68 Å². The van der Waals surface area contributed by atoms with Crippen molar-refractivity contribution < 1.29 is 5.11 Å². The molecule has 5 nitrogen and oxygen atoms in total. The maximum atomic E-state index is 10.2. The maximum absolute atomic E-state index is 10.2. The number of anilines is 1. The van der Waals surface area contributed by atoms with Gasteiger partial charge in [-0.3, -0.25) is 9.58 Å². The number of hydrogen-bond acceptors (Lipinski definition) is 4. The average molecular weight is 268 g/mol. The molecule has 3 N–H and O–H groups in total. The van der Waals surface area contributed by atoms with Crippen LogP contribution in [0.3, 0.4) is 0 Å². The minimum Gasteiger partial charge on any atom is -0.396 e. The zero-order valence-corrected chi connectivity index (χ0v) is 12.8. The van der Waals surface area contributed by atoms with Crippen LogP contribution in [0.5, 0.6) is 0 Å². The fourth-order valence-electron chi connectivity index (χ4n) is 2.30. The standard InChI is InChI=1S/C14H28N4O/c1-6-10(3)17(7-2)8-13(19)9-18-12(5)14(15)11(4)16-18/h10,13,19H,6-9,15H2,1-5H3. The van der Waals surface area contributed by atoms with Crippen LogP contribution in [-0.4, -0.2) is 45.0 Å². The zero-order valence-electron chi connectivity index (χ0n) is 12.8. The SMILES string of the molecule is CCC(C)N(CC)CC(O)Cn1nc(C)c(N)c1C. The van der Waals surface area contributed by atoms with Crippen molar-refractivity contribution in [2.75, 3.05) is 18.8 Å². The molecule has 5 heteroatoms. The number of nitrogen functional groups attached to an aromatic ring is 1. The van der Waals surface area contributed by atoms with Crippen LogP contribution in [0.15, 0.2) is 0 Å². The Morgan fingerprint density at radius 3 is 2.42 bits per heavy atom. The highest BCUT2D eigenvalue weighted by Gasteiger charge is 2.17. The molecule has 0 aromatic carbocycles. The molecule has 1 aromatic rings. The lowest BCUT2D eigenvalue weighted by molar-refractivity contribution is 0.0782. The minimum absolute atomic E-state index is 0.425. The molecule has 0 radical (unpaired) electrons. The molecule has 0 saturated heterocycles. The first-order valence-electron chi connectivity index (χ1n) is 7.12. The van der Waals surface area contributed by atoms with Crippen LogP contribution < -0.4 is 5.73 Å². The molecule has 110 valence electrons. The highest BCUT2D eigenvalue weighted by molar-refractivity contribution is 5.46. The van der Waals surface area contributed by atoms with Gasteiger partial charge < -0.3 is 10.8 Å². The fraction of sp³-hybridized carbons (Fsp3) is 0.786. The smallest absolute Gasteiger partial charge is 0.0862 e. The molecule has 2 atom stereocenters. The van der Waals surface area contributed by atoms with Gasteiger partial charge in [-0.25, -0.2) is 0 Å². The quantitative estimate of drug-likeness (QED) is 0.787. The summed E-state index contributed by atoms with van der Waals surface area (Å²) in [6.45, 7) is 12.4. The van der Waals surface area contributed by atoms with E-state index in [0.717, 1.165) is 30.0 Å². The van der Waals surface area contributed by atoms with E-state index in [4.69, 9.17) is 5.73 Å². The van der Waals surface area contributed by atoms with Crippen molar-refractivity contribution in [1.29, 1.82) is 0 Å². The van der Waals surface area contributed by atoms with Gasteiger partial charge in [-0.2, -0.15) is 5.10 Å². The highest BCUT2D eigenvalue weighted by atomic mass is 16.3. The summed E-state index contributed by atoms with van der Waals surface area (Å²) in [5.41, 5.74) is 8.39. The second kappa shape index (κ2) is 6.91. The number of rotatable bonds is 7. The van der Waals surface area contributed by atoms with Crippen LogP contribution in [0.4, 0.5) is 5.69 Å². The summed E-state index contributed by atoms with van der Waals surface area (Å²) in [4.78, 5) is 2.29. The molecule has 0 fully saturated rings. The van der Waals surface area contributed by atoms with Crippen LogP contribution in [0.25, 0.3) is 0 Å². The van der Waals surface area contributed by atoms with E-state index in [1.165, 1.54) is 0 Å². The summed E-state index contributed by atoms with van der Waals surface area (Å²) in [7, 11) is 0. The monoisotopic (exact) mass is 268 g/mol. The molecule has 0 aliphatic carbocycles. The topological polar surface area (TPSA) is 67.3 Å². The van der Waals surface area contributed by atoms with Crippen molar-refractivity contribution in [2.24, 2.45) is 0 Å². The molecule has 0 aliphatic heterocycles. The number of hydrogen-bond donors (Lipinski definition) is 2. The number of aromatic nitrogens is 2. The lowest BCUT2D eigenvalue weighted by Crippen LogP contribution is -2.40. The molecule has 0 amide bonds. The predicted octanol–water partition coefficient (Wildman–Crippen LogP) is 1.56. The van der Waals surface area contributed by atoms with Crippen molar-refractivity contribution in [3.63, 3.8) is 0 Å². The van der Waals surface area contributed by atoms with Gasteiger partial charge in [0.05, 0.1) is 29.7 Å². The number of nitrogens with two attached hydrogens (primary N) is 1. The molecular formula is C14H28N4O. The second-order valence-electron chi connectivity index (χ2n) is 5.27. The summed E-state index contributed by atoms with van der Waals surface area (Å²) >= 11 is 0. The molecular weight excluding hydrogens is 240 g/mol. The number of likely N-dealkylation sites (N-methyl/N-ethyl adjacent to an activating group) is 1. The first kappa shape index (κ1) is 16.0. The summed E-state index contributed by atoms with van der Waals surface area (Å²) in [5, 5.41) is 14.6. The third kappa shape index (κ3) is 3.94. The minimum atomic E-state index is -0.425. The molecule has 1 aromatic heterocycles. The molecule has 0 bridgehead atoms. The normalized spacial score (nSPS) is 14.9. The summed E-state index contributed by atoms with van der Waals surface area (Å²) in [5.74, 6) is 0. The Morgan fingerprint density at radius 1 is 1.37 bits per heavy atom. The Morgan fingerprint density at radius 2 is 2.00 bits per heavy atom. The lowest BCUT2D eigenvalue weighted by atomic mass is 10.2. The van der Waals surface area contributed by atoms with Crippen LogP contribution in [0.1, 0.15) is 38.6 Å². The van der Waals surface area contributed by atoms with Crippen LogP contribution in [0.2, 0.25) is 0 Å². The molecule has 19 heavy (non-hydrogen) atoms. The van der Waals surface area contributed by atoms with E-state index in [0.29, 0.717) is 19.1 Å². The third-order valence-electron chi connectivity index (χ3n) is 3.89. The van der Waals surface area contributed by atoms with Gasteiger partial charge >= 0.3 is 0 Å². The van der Waals surface area contributed by atoms with Gasteiger partial charge in [-0.15, -0.1) is 0 Å². The Balaban J connectivity index is 2.64. The highest BCUT2D eigenvalue weighted by Crippen LogP contribution is 2.15. The van der Waals surface area contributed by atoms with Crippen molar-refractivity contribution in [2.45, 2.75) is 59.7 Å². The summed E-state index contributed by atoms with van der Waals surface area (Å²) < 4.78 is 1.81. The van der Waals surface area contributed by atoms with Crippen LogP contribution in [-0.2, 0) is 6.54 Å². The van der Waals surface area contributed by atoms with E-state index in [2.05, 4.69) is 30.8 Å². The number of nitrogens with zero attached hydrogens (tertiary/aromatic N) is 3. The molecule has 0 aliphatic rings. The first-order valence-corrected chi connectivity index (χ1v) is 7.12. The third-order valence-corrected chi connectivity index (χ3v) is 3.89. The molecule has 1 rings (SSSR count). The first-order chi connectivity index (χ1) is 8.90. The number of aliphatic hydroxyl groups excluding tert-OH is 1. The second-order valence-corrected chi connectivity index (χ2v) is 5.27. The van der Waals surface area contributed by atoms with Gasteiger partial charge in [0.1, 0.15) is 0 Å². The van der Waals surface area contributed by atoms with Crippen LogP contribution in [0, 0.1) is 13.8 Å². The van der Waals surface area contributed by atoms with E-state index >= 15 is 0 Å². The van der Waals surface area contributed by atoms with Crippen molar-refractivity contribution in [3.8, 4) is 0 Å². The maximum Gasteiger partial charge on any atom is 0.0862 e. The van der Waals surface area contributed by atoms with E-state index in [9.17, 15) is 5.11 Å². The molecule has 2 unspecified atom stereocenters. The van der Waals surface area contributed by atoms with E-state index < -0.39 is 6.10 Å².